The number of hydrogen-bond acceptors (Lipinski definition) is 4. The van der Waals surface area contributed by atoms with Crippen LogP contribution < -0.4 is 16.4 Å². The van der Waals surface area contributed by atoms with E-state index in [1.54, 1.807) is 0 Å². The van der Waals surface area contributed by atoms with Crippen molar-refractivity contribution in [3.8, 4) is 0 Å². The van der Waals surface area contributed by atoms with Crippen LogP contribution >= 0.6 is 0 Å². The fourth-order valence-electron chi connectivity index (χ4n) is 0.708. The number of hydrogen-bond donors (Lipinski definition) is 4. The van der Waals surface area contributed by atoms with Gasteiger partial charge >= 0.3 is 5.97 Å². The summed E-state index contributed by atoms with van der Waals surface area (Å²) in [5.41, 5.74) is 4.62. The molecule has 1 aliphatic heterocycles. The molecule has 0 aromatic heterocycles. The average molecular weight is 157 g/mol. The van der Waals surface area contributed by atoms with E-state index in [1.807, 2.05) is 0 Å². The molecule has 0 saturated heterocycles. The van der Waals surface area contributed by atoms with Gasteiger partial charge in [0.05, 0.1) is 6.67 Å². The van der Waals surface area contributed by atoms with E-state index in [-0.39, 0.29) is 18.1 Å². The Bertz CT molecular complexity index is 245. The minimum Gasteiger partial charge on any atom is -0.477 e. The molecule has 1 heterocycles. The van der Waals surface area contributed by atoms with Gasteiger partial charge in [-0.05, 0) is 0 Å². The Labute approximate surface area is 62.1 Å². The first-order valence-corrected chi connectivity index (χ1v) is 2.88. The van der Waals surface area contributed by atoms with Crippen molar-refractivity contribution in [2.45, 2.75) is 0 Å². The van der Waals surface area contributed by atoms with Gasteiger partial charge in [0.15, 0.2) is 5.70 Å². The van der Waals surface area contributed by atoms with Crippen molar-refractivity contribution in [1.82, 2.24) is 10.6 Å². The van der Waals surface area contributed by atoms with E-state index < -0.39 is 11.9 Å². The van der Waals surface area contributed by atoms with Gasteiger partial charge in [0.25, 0.3) is 5.91 Å². The molecule has 0 fully saturated rings. The minimum absolute atomic E-state index is 0.0984. The van der Waals surface area contributed by atoms with E-state index in [1.165, 1.54) is 0 Å². The number of amides is 1. The summed E-state index contributed by atoms with van der Waals surface area (Å²) in [4.78, 5) is 21.0. The Balaban J connectivity index is 2.98. The number of carboxylic acids is 1. The maximum Gasteiger partial charge on any atom is 0.354 e. The van der Waals surface area contributed by atoms with E-state index in [0.717, 1.165) is 0 Å². The first-order chi connectivity index (χ1) is 5.13. The molecule has 6 heteroatoms. The summed E-state index contributed by atoms with van der Waals surface area (Å²) in [5, 5.41) is 13.2. The van der Waals surface area contributed by atoms with Gasteiger partial charge in [0.1, 0.15) is 5.70 Å². The Morgan fingerprint density at radius 1 is 1.55 bits per heavy atom. The van der Waals surface area contributed by atoms with Crippen LogP contribution in [0, 0.1) is 0 Å². The molecule has 6 nitrogen and oxygen atoms in total. The summed E-state index contributed by atoms with van der Waals surface area (Å²) in [6.07, 6.45) is 0. The Morgan fingerprint density at radius 3 is 2.64 bits per heavy atom. The fourth-order valence-corrected chi connectivity index (χ4v) is 0.708. The predicted octanol–water partition coefficient (Wildman–Crippen LogP) is -2.08. The van der Waals surface area contributed by atoms with E-state index >= 15 is 0 Å². The van der Waals surface area contributed by atoms with Crippen LogP contribution in [0.15, 0.2) is 11.4 Å². The van der Waals surface area contributed by atoms with Gasteiger partial charge in [-0.1, -0.05) is 0 Å². The quantitative estimate of drug-likeness (QED) is 0.349. The highest BCUT2D eigenvalue weighted by Gasteiger charge is 2.21. The van der Waals surface area contributed by atoms with Crippen molar-refractivity contribution in [2.75, 3.05) is 6.67 Å². The lowest BCUT2D eigenvalue weighted by atomic mass is 10.3. The first-order valence-electron chi connectivity index (χ1n) is 2.88. The van der Waals surface area contributed by atoms with Gasteiger partial charge in [-0.25, -0.2) is 4.79 Å². The summed E-state index contributed by atoms with van der Waals surface area (Å²) in [7, 11) is 0. The number of nitrogens with two attached hydrogens (primary N) is 1. The molecule has 0 radical (unpaired) electrons. The molecule has 0 saturated carbocycles. The van der Waals surface area contributed by atoms with E-state index in [2.05, 4.69) is 10.6 Å². The van der Waals surface area contributed by atoms with Gasteiger partial charge < -0.3 is 21.5 Å². The molecule has 0 aliphatic carbocycles. The third kappa shape index (κ3) is 1.23. The largest absolute Gasteiger partial charge is 0.477 e. The number of carbonyl (C=O) groups excluding carboxylic acids is 1. The topological polar surface area (TPSA) is 104 Å². The molecule has 1 aliphatic rings. The zero-order chi connectivity index (χ0) is 8.43. The molecule has 11 heavy (non-hydrogen) atoms. The lowest BCUT2D eigenvalue weighted by Gasteiger charge is -2.16. The first kappa shape index (κ1) is 7.39. The van der Waals surface area contributed by atoms with Gasteiger partial charge in [-0.15, -0.1) is 0 Å². The zero-order valence-corrected chi connectivity index (χ0v) is 5.55. The molecule has 0 aromatic carbocycles. The van der Waals surface area contributed by atoms with Crippen LogP contribution in [0.1, 0.15) is 0 Å². The molecule has 60 valence electrons. The molecule has 0 unspecified atom stereocenters. The summed E-state index contributed by atoms with van der Waals surface area (Å²) in [6, 6.07) is 0. The highest BCUT2D eigenvalue weighted by molar-refractivity contribution is 6.02. The third-order valence-corrected chi connectivity index (χ3v) is 1.24. The second-order valence-electron chi connectivity index (χ2n) is 1.95. The van der Waals surface area contributed by atoms with Crippen molar-refractivity contribution < 1.29 is 14.7 Å². The monoisotopic (exact) mass is 157 g/mol. The lowest BCUT2D eigenvalue weighted by molar-refractivity contribution is -0.134. The second kappa shape index (κ2) is 2.49. The number of nitrogens with one attached hydrogen (secondary N) is 2. The molecule has 0 bridgehead atoms. The molecule has 0 spiro atoms. The number of rotatable bonds is 1. The Morgan fingerprint density at radius 2 is 2.18 bits per heavy atom. The molecular weight excluding hydrogens is 150 g/mol. The van der Waals surface area contributed by atoms with Crippen LogP contribution in [0.2, 0.25) is 0 Å². The van der Waals surface area contributed by atoms with Gasteiger partial charge in [0.2, 0.25) is 0 Å². The number of carboxylic acid groups (broad SMARTS) is 1. The normalized spacial score (nSPS) is 17.3. The highest BCUT2D eigenvalue weighted by atomic mass is 16.4. The SMILES string of the molecule is NC1=C(C(=O)O)NCNC1=O. The van der Waals surface area contributed by atoms with Crippen molar-refractivity contribution in [2.24, 2.45) is 5.73 Å². The van der Waals surface area contributed by atoms with Crippen molar-refractivity contribution in [3.05, 3.63) is 11.4 Å². The third-order valence-electron chi connectivity index (χ3n) is 1.24. The van der Waals surface area contributed by atoms with Crippen LogP contribution in [0.3, 0.4) is 0 Å². The van der Waals surface area contributed by atoms with Gasteiger partial charge in [-0.2, -0.15) is 0 Å². The fraction of sp³-hybridized carbons (Fsp3) is 0.200. The lowest BCUT2D eigenvalue weighted by Crippen LogP contribution is -2.45. The molecular formula is C5H7N3O3. The van der Waals surface area contributed by atoms with Crippen LogP contribution in [-0.4, -0.2) is 23.7 Å². The van der Waals surface area contributed by atoms with Crippen LogP contribution in [0.5, 0.6) is 0 Å². The van der Waals surface area contributed by atoms with Gasteiger partial charge in [-0.3, -0.25) is 4.79 Å². The predicted molar refractivity (Wildman–Crippen MR) is 35.0 cm³/mol. The van der Waals surface area contributed by atoms with E-state index in [9.17, 15) is 9.59 Å². The summed E-state index contributed by atoms with van der Waals surface area (Å²) >= 11 is 0. The second-order valence-corrected chi connectivity index (χ2v) is 1.95. The van der Waals surface area contributed by atoms with Crippen molar-refractivity contribution in [1.29, 1.82) is 0 Å². The Kier molecular flexibility index (Phi) is 1.67. The van der Waals surface area contributed by atoms with Crippen molar-refractivity contribution in [3.63, 3.8) is 0 Å². The van der Waals surface area contributed by atoms with Crippen LogP contribution in [0.25, 0.3) is 0 Å². The summed E-state index contributed by atoms with van der Waals surface area (Å²) in [5.74, 6) is -1.78. The molecule has 1 amide bonds. The Hall–Kier alpha value is -1.72. The maximum atomic E-state index is 10.7. The van der Waals surface area contributed by atoms with Crippen molar-refractivity contribution >= 4 is 11.9 Å². The average Bonchev–Trinajstić information content (AvgIpc) is 1.94. The molecule has 5 N–H and O–H groups in total. The summed E-state index contributed by atoms with van der Waals surface area (Å²) in [6.45, 7) is 0.0984. The van der Waals surface area contributed by atoms with Crippen LogP contribution in [-0.2, 0) is 9.59 Å². The molecule has 1 rings (SSSR count). The number of aliphatic carboxylic acids is 1. The smallest absolute Gasteiger partial charge is 0.354 e. The highest BCUT2D eigenvalue weighted by Crippen LogP contribution is 1.98. The number of carbonyl (C=O) groups is 2. The van der Waals surface area contributed by atoms with Crippen LogP contribution in [0.4, 0.5) is 0 Å². The van der Waals surface area contributed by atoms with E-state index in [4.69, 9.17) is 10.8 Å². The summed E-state index contributed by atoms with van der Waals surface area (Å²) < 4.78 is 0. The van der Waals surface area contributed by atoms with Gasteiger partial charge in [0, 0.05) is 0 Å². The minimum atomic E-state index is -1.22. The molecule has 0 aromatic rings. The maximum absolute atomic E-state index is 10.7. The molecule has 0 atom stereocenters. The standard InChI is InChI=1S/C5H7N3O3/c6-2-3(5(10)11)7-1-8-4(2)9/h7H,1,6H2,(H,8,9)(H,10,11). The zero-order valence-electron chi connectivity index (χ0n) is 5.55. The van der Waals surface area contributed by atoms with E-state index in [0.29, 0.717) is 0 Å².